The van der Waals surface area contributed by atoms with Crippen LogP contribution in [0.15, 0.2) is 22.9 Å². The molecule has 0 fully saturated rings. The molecule has 0 aliphatic rings. The summed E-state index contributed by atoms with van der Waals surface area (Å²) in [6.07, 6.45) is 1.46. The molecule has 0 saturated heterocycles. The minimum Gasteiger partial charge on any atom is -0.465 e. The average Bonchev–Trinajstić information content (AvgIpc) is 2.44. The molecule has 110 valence electrons. The maximum atomic E-state index is 12.3. The summed E-state index contributed by atoms with van der Waals surface area (Å²) in [4.78, 5) is 29.2. The molecule has 6 nitrogen and oxygen atoms in total. The lowest BCUT2D eigenvalue weighted by Crippen LogP contribution is -2.38. The summed E-state index contributed by atoms with van der Waals surface area (Å²) in [7, 11) is 1.54. The van der Waals surface area contributed by atoms with Crippen molar-refractivity contribution in [1.82, 2.24) is 9.88 Å². The number of halogens is 1. The van der Waals surface area contributed by atoms with E-state index in [0.29, 0.717) is 23.3 Å². The largest absolute Gasteiger partial charge is 0.465 e. The first kappa shape index (κ1) is 16.6. The van der Waals surface area contributed by atoms with Crippen LogP contribution in [-0.2, 0) is 14.3 Å². The highest BCUT2D eigenvalue weighted by atomic mass is 79.9. The van der Waals surface area contributed by atoms with E-state index in [0.717, 1.165) is 0 Å². The second kappa shape index (κ2) is 8.65. The lowest BCUT2D eigenvalue weighted by Gasteiger charge is -2.21. The fraction of sp³-hybridized carbons (Fsp3) is 0.462. The molecule has 0 aliphatic carbocycles. The van der Waals surface area contributed by atoms with Gasteiger partial charge in [-0.3, -0.25) is 9.59 Å². The number of ether oxygens (including phenoxy) is 2. The number of esters is 1. The van der Waals surface area contributed by atoms with Crippen molar-refractivity contribution in [3.8, 4) is 0 Å². The van der Waals surface area contributed by atoms with Gasteiger partial charge < -0.3 is 14.4 Å². The topological polar surface area (TPSA) is 68.7 Å². The van der Waals surface area contributed by atoms with E-state index in [9.17, 15) is 9.59 Å². The van der Waals surface area contributed by atoms with Crippen molar-refractivity contribution in [2.24, 2.45) is 0 Å². The Bertz CT molecular complexity index is 450. The summed E-state index contributed by atoms with van der Waals surface area (Å²) in [5, 5.41) is 0. The number of carbonyl (C=O) groups excluding carboxylic acids is 2. The van der Waals surface area contributed by atoms with Crippen molar-refractivity contribution in [1.29, 1.82) is 0 Å². The van der Waals surface area contributed by atoms with E-state index in [1.807, 2.05) is 0 Å². The van der Waals surface area contributed by atoms with Crippen molar-refractivity contribution in [3.63, 3.8) is 0 Å². The molecule has 20 heavy (non-hydrogen) atoms. The first-order chi connectivity index (χ1) is 9.58. The van der Waals surface area contributed by atoms with Gasteiger partial charge in [0.1, 0.15) is 11.1 Å². The first-order valence-electron chi connectivity index (χ1n) is 6.13. The Labute approximate surface area is 126 Å². The Hall–Kier alpha value is -1.47. The van der Waals surface area contributed by atoms with Crippen molar-refractivity contribution in [2.45, 2.75) is 6.92 Å². The van der Waals surface area contributed by atoms with Gasteiger partial charge in [-0.1, -0.05) is 0 Å². The van der Waals surface area contributed by atoms with Crippen LogP contribution in [0, 0.1) is 0 Å². The number of hydrogen-bond donors (Lipinski definition) is 0. The molecule has 1 amide bonds. The van der Waals surface area contributed by atoms with Crippen LogP contribution in [0.25, 0.3) is 0 Å². The van der Waals surface area contributed by atoms with Gasteiger partial charge in [0.2, 0.25) is 0 Å². The third-order valence-corrected chi connectivity index (χ3v) is 2.92. The monoisotopic (exact) mass is 344 g/mol. The zero-order valence-electron chi connectivity index (χ0n) is 11.5. The SMILES string of the molecule is CCOC(=O)CN(CCOC)C(=O)c1ccc(Br)nc1. The van der Waals surface area contributed by atoms with E-state index in [4.69, 9.17) is 9.47 Å². The van der Waals surface area contributed by atoms with Gasteiger partial charge in [-0.25, -0.2) is 4.98 Å². The van der Waals surface area contributed by atoms with Gasteiger partial charge in [-0.2, -0.15) is 0 Å². The minimum absolute atomic E-state index is 0.105. The molecule has 0 saturated carbocycles. The van der Waals surface area contributed by atoms with E-state index in [1.54, 1.807) is 19.1 Å². The highest BCUT2D eigenvalue weighted by molar-refractivity contribution is 9.10. The molecule has 7 heteroatoms. The highest BCUT2D eigenvalue weighted by Crippen LogP contribution is 2.09. The second-order valence-corrected chi connectivity index (χ2v) is 4.71. The molecule has 0 radical (unpaired) electrons. The van der Waals surface area contributed by atoms with Crippen LogP contribution in [0.4, 0.5) is 0 Å². The zero-order chi connectivity index (χ0) is 15.0. The van der Waals surface area contributed by atoms with Crippen molar-refractivity contribution < 1.29 is 19.1 Å². The third-order valence-electron chi connectivity index (χ3n) is 2.45. The smallest absolute Gasteiger partial charge is 0.325 e. The molecular formula is C13H17BrN2O4. The maximum Gasteiger partial charge on any atom is 0.325 e. The Morgan fingerprint density at radius 3 is 2.70 bits per heavy atom. The molecule has 0 bridgehead atoms. The van der Waals surface area contributed by atoms with Gasteiger partial charge >= 0.3 is 5.97 Å². The predicted molar refractivity (Wildman–Crippen MR) is 76.3 cm³/mol. The molecule has 0 atom stereocenters. The van der Waals surface area contributed by atoms with E-state index >= 15 is 0 Å². The Morgan fingerprint density at radius 2 is 2.15 bits per heavy atom. The molecule has 1 aromatic rings. The molecule has 1 heterocycles. The summed E-state index contributed by atoms with van der Waals surface area (Å²) in [6, 6.07) is 3.32. The minimum atomic E-state index is -0.443. The summed E-state index contributed by atoms with van der Waals surface area (Å²) >= 11 is 3.20. The Balaban J connectivity index is 2.77. The van der Waals surface area contributed by atoms with E-state index in [2.05, 4.69) is 20.9 Å². The average molecular weight is 345 g/mol. The number of rotatable bonds is 7. The van der Waals surface area contributed by atoms with Gasteiger partial charge in [0, 0.05) is 19.9 Å². The number of pyridine rings is 1. The quantitative estimate of drug-likeness (QED) is 0.553. The summed E-state index contributed by atoms with van der Waals surface area (Å²) in [6.45, 7) is 2.55. The lowest BCUT2D eigenvalue weighted by atomic mass is 10.2. The van der Waals surface area contributed by atoms with Crippen molar-refractivity contribution in [3.05, 3.63) is 28.5 Å². The Kier molecular flexibility index (Phi) is 7.17. The molecule has 0 aliphatic heterocycles. The summed E-state index contributed by atoms with van der Waals surface area (Å²) in [5.74, 6) is -0.725. The molecule has 1 aromatic heterocycles. The first-order valence-corrected chi connectivity index (χ1v) is 6.93. The van der Waals surface area contributed by atoms with Gasteiger partial charge in [-0.15, -0.1) is 0 Å². The number of nitrogens with zero attached hydrogens (tertiary/aromatic N) is 2. The fourth-order valence-electron chi connectivity index (χ4n) is 1.50. The Morgan fingerprint density at radius 1 is 1.40 bits per heavy atom. The fourth-order valence-corrected chi connectivity index (χ4v) is 1.74. The van der Waals surface area contributed by atoms with E-state index < -0.39 is 5.97 Å². The van der Waals surface area contributed by atoms with E-state index in [1.165, 1.54) is 18.2 Å². The normalized spacial score (nSPS) is 10.2. The van der Waals surface area contributed by atoms with Crippen LogP contribution in [0.2, 0.25) is 0 Å². The predicted octanol–water partition coefficient (Wildman–Crippen LogP) is 1.50. The number of carbonyl (C=O) groups is 2. The third kappa shape index (κ3) is 5.26. The number of aromatic nitrogens is 1. The van der Waals surface area contributed by atoms with E-state index in [-0.39, 0.29) is 19.1 Å². The molecule has 1 rings (SSSR count). The number of methoxy groups -OCH3 is 1. The van der Waals surface area contributed by atoms with Crippen molar-refractivity contribution >= 4 is 27.8 Å². The summed E-state index contributed by atoms with van der Waals surface area (Å²) < 4.78 is 10.5. The number of amides is 1. The standard InChI is InChI=1S/C13H17BrN2O4/c1-3-20-12(17)9-16(6-7-19-2)13(18)10-4-5-11(14)15-8-10/h4-5,8H,3,6-7,9H2,1-2H3. The van der Waals surface area contributed by atoms with Crippen LogP contribution in [0.5, 0.6) is 0 Å². The molecule has 0 unspecified atom stereocenters. The zero-order valence-corrected chi connectivity index (χ0v) is 13.1. The molecular weight excluding hydrogens is 328 g/mol. The van der Waals surface area contributed by atoms with Gasteiger partial charge in [0.05, 0.1) is 18.8 Å². The van der Waals surface area contributed by atoms with Crippen LogP contribution < -0.4 is 0 Å². The molecule has 0 spiro atoms. The second-order valence-electron chi connectivity index (χ2n) is 3.89. The lowest BCUT2D eigenvalue weighted by molar-refractivity contribution is -0.143. The van der Waals surface area contributed by atoms with Gasteiger partial charge in [0.15, 0.2) is 0 Å². The highest BCUT2D eigenvalue weighted by Gasteiger charge is 2.19. The van der Waals surface area contributed by atoms with Gasteiger partial charge in [-0.05, 0) is 35.0 Å². The molecule has 0 N–H and O–H groups in total. The van der Waals surface area contributed by atoms with Crippen LogP contribution in [0.3, 0.4) is 0 Å². The number of hydrogen-bond acceptors (Lipinski definition) is 5. The molecule has 0 aromatic carbocycles. The van der Waals surface area contributed by atoms with Crippen LogP contribution >= 0.6 is 15.9 Å². The van der Waals surface area contributed by atoms with Gasteiger partial charge in [0.25, 0.3) is 5.91 Å². The van der Waals surface area contributed by atoms with Crippen LogP contribution in [0.1, 0.15) is 17.3 Å². The van der Waals surface area contributed by atoms with Crippen molar-refractivity contribution in [2.75, 3.05) is 33.4 Å². The summed E-state index contributed by atoms with van der Waals surface area (Å²) in [5.41, 5.74) is 0.411. The maximum absolute atomic E-state index is 12.3. The van der Waals surface area contributed by atoms with Crippen LogP contribution in [-0.4, -0.2) is 55.2 Å².